The van der Waals surface area contributed by atoms with Crippen LogP contribution in [-0.4, -0.2) is 13.1 Å². The first-order valence-electron chi connectivity index (χ1n) is 6.53. The van der Waals surface area contributed by atoms with Crippen molar-refractivity contribution >= 4 is 0 Å². The van der Waals surface area contributed by atoms with E-state index in [1.54, 1.807) is 0 Å². The Morgan fingerprint density at radius 1 is 0.867 bits per heavy atom. The molecular formula is C13H28N2. The van der Waals surface area contributed by atoms with Crippen molar-refractivity contribution in [2.24, 2.45) is 0 Å². The fourth-order valence-electron chi connectivity index (χ4n) is 1.30. The van der Waals surface area contributed by atoms with Crippen LogP contribution in [0.2, 0.25) is 0 Å². The summed E-state index contributed by atoms with van der Waals surface area (Å²) in [5, 5.41) is 6.93. The van der Waals surface area contributed by atoms with Gasteiger partial charge in [-0.05, 0) is 25.3 Å². The highest BCUT2D eigenvalue weighted by Gasteiger charge is 1.94. The third-order valence-electron chi connectivity index (χ3n) is 2.33. The van der Waals surface area contributed by atoms with E-state index in [1.807, 2.05) is 0 Å². The van der Waals surface area contributed by atoms with Gasteiger partial charge in [0.1, 0.15) is 0 Å². The quantitative estimate of drug-likeness (QED) is 0.542. The molecule has 0 unspecified atom stereocenters. The number of nitrogens with one attached hydrogen (secondary N) is 2. The number of rotatable bonds is 10. The molecule has 0 saturated heterocycles. The highest BCUT2D eigenvalue weighted by Crippen LogP contribution is 1.95. The summed E-state index contributed by atoms with van der Waals surface area (Å²) < 4.78 is 0. The van der Waals surface area contributed by atoms with E-state index in [1.165, 1.54) is 37.9 Å². The van der Waals surface area contributed by atoms with Gasteiger partial charge in [-0.2, -0.15) is 0 Å². The zero-order chi connectivity index (χ0) is 11.4. The van der Waals surface area contributed by atoms with Crippen LogP contribution in [0.1, 0.15) is 59.3 Å². The summed E-state index contributed by atoms with van der Waals surface area (Å²) >= 11 is 0. The Morgan fingerprint density at radius 3 is 1.80 bits per heavy atom. The molecular weight excluding hydrogens is 184 g/mol. The lowest BCUT2D eigenvalue weighted by Crippen LogP contribution is -2.27. The van der Waals surface area contributed by atoms with Gasteiger partial charge in [-0.15, -0.1) is 0 Å². The second kappa shape index (κ2) is 11.4. The monoisotopic (exact) mass is 212 g/mol. The number of hydrogen-bond donors (Lipinski definition) is 2. The van der Waals surface area contributed by atoms with Crippen LogP contribution < -0.4 is 10.6 Å². The molecule has 2 N–H and O–H groups in total. The van der Waals surface area contributed by atoms with E-state index in [0.717, 1.165) is 19.5 Å². The van der Waals surface area contributed by atoms with Crippen LogP contribution in [0.25, 0.3) is 0 Å². The fraction of sp³-hybridized carbons (Fsp3) is 0.846. The fourth-order valence-corrected chi connectivity index (χ4v) is 1.30. The summed E-state index contributed by atoms with van der Waals surface area (Å²) in [6, 6.07) is 0. The van der Waals surface area contributed by atoms with Crippen molar-refractivity contribution in [2.75, 3.05) is 13.1 Å². The zero-order valence-corrected chi connectivity index (χ0v) is 10.7. The van der Waals surface area contributed by atoms with Gasteiger partial charge in [0.25, 0.3) is 0 Å². The van der Waals surface area contributed by atoms with Crippen molar-refractivity contribution < 1.29 is 0 Å². The molecule has 0 aromatic rings. The van der Waals surface area contributed by atoms with Crippen LogP contribution in [0.5, 0.6) is 0 Å². The minimum absolute atomic E-state index is 1.09. The molecule has 0 aromatic carbocycles. The van der Waals surface area contributed by atoms with E-state index in [0.29, 0.717) is 0 Å². The van der Waals surface area contributed by atoms with E-state index in [-0.39, 0.29) is 0 Å². The zero-order valence-electron chi connectivity index (χ0n) is 10.7. The summed E-state index contributed by atoms with van der Waals surface area (Å²) in [6.07, 6.45) is 9.66. The van der Waals surface area contributed by atoms with Gasteiger partial charge < -0.3 is 10.6 Å². The van der Waals surface area contributed by atoms with Gasteiger partial charge in [0.05, 0.1) is 5.82 Å². The molecule has 0 rings (SSSR count). The lowest BCUT2D eigenvalue weighted by molar-refractivity contribution is 0.622. The molecule has 2 nitrogen and oxygen atoms in total. The summed E-state index contributed by atoms with van der Waals surface area (Å²) in [6.45, 7) is 8.84. The van der Waals surface area contributed by atoms with E-state index >= 15 is 0 Å². The lowest BCUT2D eigenvalue weighted by Gasteiger charge is -2.13. The Hall–Kier alpha value is -0.660. The topological polar surface area (TPSA) is 24.1 Å². The van der Waals surface area contributed by atoms with Gasteiger partial charge in [0, 0.05) is 13.1 Å². The van der Waals surface area contributed by atoms with Gasteiger partial charge in [-0.25, -0.2) is 0 Å². The lowest BCUT2D eigenvalue weighted by atomic mass is 10.3. The molecule has 0 aliphatic carbocycles. The molecule has 0 aromatic heterocycles. The van der Waals surface area contributed by atoms with Crippen molar-refractivity contribution in [2.45, 2.75) is 59.3 Å². The van der Waals surface area contributed by atoms with Gasteiger partial charge in [0.15, 0.2) is 0 Å². The Bertz CT molecular complexity index is 141. The Kier molecular flexibility index (Phi) is 10.9. The predicted molar refractivity (Wildman–Crippen MR) is 68.8 cm³/mol. The third kappa shape index (κ3) is 9.64. The highest BCUT2D eigenvalue weighted by molar-refractivity contribution is 4.96. The summed E-state index contributed by atoms with van der Waals surface area (Å²) in [7, 11) is 0. The average Bonchev–Trinajstić information content (AvgIpc) is 2.25. The summed E-state index contributed by atoms with van der Waals surface area (Å²) in [5.41, 5.74) is 0. The van der Waals surface area contributed by atoms with Gasteiger partial charge in [-0.3, -0.25) is 0 Å². The predicted octanol–water partition coefficient (Wildman–Crippen LogP) is 3.41. The minimum atomic E-state index is 1.09. The first kappa shape index (κ1) is 14.3. The standard InChI is InChI=1S/C13H28N2/c1-4-7-10-13(14-11-8-5-2)15-12-9-6-3/h10,14-15H,4-9,11-12H2,1-3H3. The second-order valence-corrected chi connectivity index (χ2v) is 3.97. The molecule has 0 fully saturated rings. The van der Waals surface area contributed by atoms with Crippen molar-refractivity contribution in [1.82, 2.24) is 10.6 Å². The van der Waals surface area contributed by atoms with E-state index in [9.17, 15) is 0 Å². The number of allylic oxidation sites excluding steroid dienone is 1. The third-order valence-corrected chi connectivity index (χ3v) is 2.33. The molecule has 0 radical (unpaired) electrons. The Morgan fingerprint density at radius 2 is 1.40 bits per heavy atom. The SMILES string of the molecule is CCCC=C(NCCCC)NCCCC. The van der Waals surface area contributed by atoms with Crippen LogP contribution >= 0.6 is 0 Å². The van der Waals surface area contributed by atoms with Crippen molar-refractivity contribution in [3.05, 3.63) is 11.9 Å². The van der Waals surface area contributed by atoms with Crippen LogP contribution in [0.3, 0.4) is 0 Å². The van der Waals surface area contributed by atoms with E-state index < -0.39 is 0 Å². The molecule has 0 spiro atoms. The molecule has 15 heavy (non-hydrogen) atoms. The molecule has 0 saturated carbocycles. The summed E-state index contributed by atoms with van der Waals surface area (Å²) in [4.78, 5) is 0. The molecule has 0 aliphatic rings. The van der Waals surface area contributed by atoms with E-state index in [2.05, 4.69) is 37.5 Å². The second-order valence-electron chi connectivity index (χ2n) is 3.97. The molecule has 2 heteroatoms. The molecule has 0 aliphatic heterocycles. The summed E-state index contributed by atoms with van der Waals surface area (Å²) in [5.74, 6) is 1.23. The Labute approximate surface area is 95.5 Å². The maximum absolute atomic E-state index is 3.46. The maximum Gasteiger partial charge on any atom is 0.0945 e. The van der Waals surface area contributed by atoms with Crippen molar-refractivity contribution in [1.29, 1.82) is 0 Å². The minimum Gasteiger partial charge on any atom is -0.372 e. The average molecular weight is 212 g/mol. The Balaban J connectivity index is 3.73. The van der Waals surface area contributed by atoms with Gasteiger partial charge in [-0.1, -0.05) is 40.0 Å². The van der Waals surface area contributed by atoms with Crippen LogP contribution in [0.15, 0.2) is 11.9 Å². The van der Waals surface area contributed by atoms with Gasteiger partial charge in [0.2, 0.25) is 0 Å². The largest absolute Gasteiger partial charge is 0.372 e. The molecule has 0 heterocycles. The normalized spacial score (nSPS) is 9.80. The molecule has 0 amide bonds. The molecule has 0 bridgehead atoms. The first-order valence-corrected chi connectivity index (χ1v) is 6.53. The van der Waals surface area contributed by atoms with Crippen LogP contribution in [0.4, 0.5) is 0 Å². The molecule has 0 atom stereocenters. The van der Waals surface area contributed by atoms with Crippen molar-refractivity contribution in [3.8, 4) is 0 Å². The molecule has 90 valence electrons. The first-order chi connectivity index (χ1) is 7.35. The maximum atomic E-state index is 3.46. The van der Waals surface area contributed by atoms with Crippen LogP contribution in [-0.2, 0) is 0 Å². The van der Waals surface area contributed by atoms with E-state index in [4.69, 9.17) is 0 Å². The number of unbranched alkanes of at least 4 members (excludes halogenated alkanes) is 3. The highest BCUT2D eigenvalue weighted by atomic mass is 15.1. The van der Waals surface area contributed by atoms with Crippen LogP contribution in [0, 0.1) is 0 Å². The van der Waals surface area contributed by atoms with Crippen molar-refractivity contribution in [3.63, 3.8) is 0 Å². The number of hydrogen-bond acceptors (Lipinski definition) is 2. The van der Waals surface area contributed by atoms with Gasteiger partial charge >= 0.3 is 0 Å². The smallest absolute Gasteiger partial charge is 0.0945 e.